The molecule has 3 heterocycles. The van der Waals surface area contributed by atoms with Gasteiger partial charge in [-0.1, -0.05) is 31.4 Å². The second kappa shape index (κ2) is 9.64. The Kier molecular flexibility index (Phi) is 6.27. The molecule has 1 aliphatic heterocycles. The number of carbonyl (C=O) groups excluding carboxylic acids is 1. The van der Waals surface area contributed by atoms with Crippen molar-refractivity contribution in [3.8, 4) is 11.3 Å². The van der Waals surface area contributed by atoms with Crippen LogP contribution in [-0.4, -0.2) is 31.9 Å². The average Bonchev–Trinajstić information content (AvgIpc) is 3.45. The fraction of sp³-hybridized carbons (Fsp3) is 0.240. The van der Waals surface area contributed by atoms with Gasteiger partial charge in [0.1, 0.15) is 11.5 Å². The lowest BCUT2D eigenvalue weighted by Crippen LogP contribution is -2.40. The summed E-state index contributed by atoms with van der Waals surface area (Å²) in [6.07, 6.45) is 10.3. The van der Waals surface area contributed by atoms with Gasteiger partial charge in [0.05, 0.1) is 27.3 Å². The third-order valence-corrected chi connectivity index (χ3v) is 6.90. The first kappa shape index (κ1) is 22.1. The normalized spacial score (nSPS) is 19.3. The molecule has 0 radical (unpaired) electrons. The molecule has 8 nitrogen and oxygen atoms in total. The molecule has 0 N–H and O–H groups in total. The number of carbonyl (C=O) groups is 1. The SMILES string of the molecule is O=C1/C(=C\c2ccc(-c3ccccc3[N+](=O)[O-])o2)SC(=Nc2cccnc2)N1C1CCCCC1. The van der Waals surface area contributed by atoms with E-state index in [1.807, 2.05) is 17.0 Å². The van der Waals surface area contributed by atoms with Gasteiger partial charge in [-0.2, -0.15) is 0 Å². The molecule has 9 heteroatoms. The summed E-state index contributed by atoms with van der Waals surface area (Å²) in [6.45, 7) is 0. The van der Waals surface area contributed by atoms with Gasteiger partial charge in [0.15, 0.2) is 5.17 Å². The monoisotopic (exact) mass is 474 g/mol. The lowest BCUT2D eigenvalue weighted by Gasteiger charge is -2.30. The van der Waals surface area contributed by atoms with Crippen LogP contribution in [-0.2, 0) is 4.79 Å². The minimum Gasteiger partial charge on any atom is -0.456 e. The maximum Gasteiger partial charge on any atom is 0.280 e. The van der Waals surface area contributed by atoms with E-state index >= 15 is 0 Å². The van der Waals surface area contributed by atoms with Crippen LogP contribution >= 0.6 is 11.8 Å². The maximum absolute atomic E-state index is 13.4. The first-order valence-corrected chi connectivity index (χ1v) is 12.0. The summed E-state index contributed by atoms with van der Waals surface area (Å²) < 4.78 is 5.89. The highest BCUT2D eigenvalue weighted by molar-refractivity contribution is 8.18. The van der Waals surface area contributed by atoms with Crippen molar-refractivity contribution in [3.05, 3.63) is 81.7 Å². The summed E-state index contributed by atoms with van der Waals surface area (Å²) in [6, 6.07) is 13.6. The number of nitro groups is 1. The van der Waals surface area contributed by atoms with Gasteiger partial charge < -0.3 is 4.42 Å². The van der Waals surface area contributed by atoms with Gasteiger partial charge in [-0.3, -0.25) is 24.8 Å². The van der Waals surface area contributed by atoms with Gasteiger partial charge in [0.25, 0.3) is 11.6 Å². The molecule has 1 amide bonds. The summed E-state index contributed by atoms with van der Waals surface area (Å²) in [7, 11) is 0. The predicted molar refractivity (Wildman–Crippen MR) is 131 cm³/mol. The predicted octanol–water partition coefficient (Wildman–Crippen LogP) is 6.19. The molecular formula is C25H22N4O4S. The van der Waals surface area contributed by atoms with Gasteiger partial charge in [0, 0.05) is 24.4 Å². The fourth-order valence-electron chi connectivity index (χ4n) is 4.30. The van der Waals surface area contributed by atoms with Gasteiger partial charge in [-0.05, 0) is 54.9 Å². The molecule has 2 fully saturated rings. The van der Waals surface area contributed by atoms with Crippen molar-refractivity contribution < 1.29 is 14.1 Å². The number of amides is 1. The molecule has 1 saturated carbocycles. The van der Waals surface area contributed by atoms with E-state index in [1.54, 1.807) is 48.8 Å². The van der Waals surface area contributed by atoms with Gasteiger partial charge in [-0.25, -0.2) is 4.99 Å². The van der Waals surface area contributed by atoms with Gasteiger partial charge in [0.2, 0.25) is 0 Å². The highest BCUT2D eigenvalue weighted by atomic mass is 32.2. The number of thioether (sulfide) groups is 1. The standard InChI is InChI=1S/C25H22N4O4S/c30-24-23(15-19-12-13-22(33-19)20-10-4-5-11-21(20)29(31)32)34-25(27-17-7-6-14-26-16-17)28(24)18-8-2-1-3-9-18/h4-7,10-16,18H,1-3,8-9H2/b23-15+,27-25?. The number of pyridine rings is 1. The van der Waals surface area contributed by atoms with Gasteiger partial charge >= 0.3 is 0 Å². The van der Waals surface area contributed by atoms with E-state index < -0.39 is 4.92 Å². The number of rotatable bonds is 5. The zero-order valence-electron chi connectivity index (χ0n) is 18.3. The molecule has 1 saturated heterocycles. The van der Waals surface area contributed by atoms with Crippen LogP contribution in [0, 0.1) is 10.1 Å². The second-order valence-electron chi connectivity index (χ2n) is 8.16. The summed E-state index contributed by atoms with van der Waals surface area (Å²) in [5.74, 6) is 0.737. The zero-order chi connectivity index (χ0) is 23.5. The van der Waals surface area contributed by atoms with Crippen LogP contribution in [0.5, 0.6) is 0 Å². The Morgan fingerprint density at radius 3 is 2.71 bits per heavy atom. The summed E-state index contributed by atoms with van der Waals surface area (Å²) in [4.78, 5) is 35.5. The number of nitrogens with zero attached hydrogens (tertiary/aromatic N) is 4. The Labute approximate surface area is 200 Å². The van der Waals surface area contributed by atoms with Crippen molar-refractivity contribution in [1.29, 1.82) is 0 Å². The highest BCUT2D eigenvalue weighted by Crippen LogP contribution is 2.39. The Morgan fingerprint density at radius 2 is 1.94 bits per heavy atom. The third kappa shape index (κ3) is 4.51. The molecule has 0 atom stereocenters. The Hall–Kier alpha value is -3.72. The quantitative estimate of drug-likeness (QED) is 0.248. The van der Waals surface area contributed by atoms with Crippen LogP contribution in [0.2, 0.25) is 0 Å². The zero-order valence-corrected chi connectivity index (χ0v) is 19.1. The summed E-state index contributed by atoms with van der Waals surface area (Å²) in [5, 5.41) is 12.0. The molecule has 3 aromatic rings. The van der Waals surface area contributed by atoms with Crippen LogP contribution in [0.4, 0.5) is 11.4 Å². The van der Waals surface area contributed by atoms with E-state index in [2.05, 4.69) is 4.98 Å². The smallest absolute Gasteiger partial charge is 0.280 e. The van der Waals surface area contributed by atoms with Crippen LogP contribution in [0.1, 0.15) is 37.9 Å². The Bertz CT molecular complexity index is 1280. The second-order valence-corrected chi connectivity index (χ2v) is 9.17. The highest BCUT2D eigenvalue weighted by Gasteiger charge is 2.39. The van der Waals surface area contributed by atoms with Crippen LogP contribution in [0.3, 0.4) is 0 Å². The van der Waals surface area contributed by atoms with E-state index in [9.17, 15) is 14.9 Å². The lowest BCUT2D eigenvalue weighted by molar-refractivity contribution is -0.384. The van der Waals surface area contributed by atoms with Crippen molar-refractivity contribution >= 4 is 40.3 Å². The molecule has 2 aromatic heterocycles. The summed E-state index contributed by atoms with van der Waals surface area (Å²) in [5.41, 5.74) is 1.05. The van der Waals surface area contributed by atoms with E-state index in [-0.39, 0.29) is 17.6 Å². The minimum atomic E-state index is -0.435. The third-order valence-electron chi connectivity index (χ3n) is 5.91. The number of hydrogen-bond donors (Lipinski definition) is 0. The first-order valence-electron chi connectivity index (χ1n) is 11.2. The fourth-order valence-corrected chi connectivity index (χ4v) is 5.34. The topological polar surface area (TPSA) is 102 Å². The summed E-state index contributed by atoms with van der Waals surface area (Å²) >= 11 is 1.31. The molecule has 172 valence electrons. The van der Waals surface area contributed by atoms with Crippen molar-refractivity contribution in [2.45, 2.75) is 38.1 Å². The van der Waals surface area contributed by atoms with E-state index in [0.29, 0.717) is 32.8 Å². The molecular weight excluding hydrogens is 452 g/mol. The lowest BCUT2D eigenvalue weighted by atomic mass is 9.94. The van der Waals surface area contributed by atoms with E-state index in [1.165, 1.54) is 24.2 Å². The van der Waals surface area contributed by atoms with Crippen LogP contribution in [0.15, 0.2) is 75.2 Å². The van der Waals surface area contributed by atoms with E-state index in [0.717, 1.165) is 25.7 Å². The molecule has 1 aromatic carbocycles. The van der Waals surface area contributed by atoms with Gasteiger partial charge in [-0.15, -0.1) is 0 Å². The number of amidine groups is 1. The van der Waals surface area contributed by atoms with Crippen molar-refractivity contribution in [2.24, 2.45) is 4.99 Å². The Morgan fingerprint density at radius 1 is 1.12 bits per heavy atom. The number of benzene rings is 1. The van der Waals surface area contributed by atoms with Crippen molar-refractivity contribution in [3.63, 3.8) is 0 Å². The Balaban J connectivity index is 1.47. The van der Waals surface area contributed by atoms with Crippen LogP contribution in [0.25, 0.3) is 17.4 Å². The van der Waals surface area contributed by atoms with Crippen molar-refractivity contribution in [1.82, 2.24) is 9.88 Å². The average molecular weight is 475 g/mol. The molecule has 0 bridgehead atoms. The molecule has 0 spiro atoms. The first-order chi connectivity index (χ1) is 16.6. The number of aromatic nitrogens is 1. The molecule has 5 rings (SSSR count). The number of furan rings is 1. The van der Waals surface area contributed by atoms with Crippen molar-refractivity contribution in [2.75, 3.05) is 0 Å². The number of nitro benzene ring substituents is 1. The number of aliphatic imine (C=N–C) groups is 1. The van der Waals surface area contributed by atoms with Crippen LogP contribution < -0.4 is 0 Å². The largest absolute Gasteiger partial charge is 0.456 e. The molecule has 1 aliphatic carbocycles. The number of hydrogen-bond acceptors (Lipinski definition) is 7. The molecule has 2 aliphatic rings. The number of para-hydroxylation sites is 1. The molecule has 0 unspecified atom stereocenters. The minimum absolute atomic E-state index is 0.0308. The maximum atomic E-state index is 13.4. The van der Waals surface area contributed by atoms with E-state index in [4.69, 9.17) is 9.41 Å². The molecule has 34 heavy (non-hydrogen) atoms.